The van der Waals surface area contributed by atoms with Crippen molar-refractivity contribution in [1.29, 1.82) is 0 Å². The molecule has 0 unspecified atom stereocenters. The first-order chi connectivity index (χ1) is 10.7. The van der Waals surface area contributed by atoms with E-state index in [1.165, 1.54) is 0 Å². The number of rotatable bonds is 4. The molecule has 0 aliphatic carbocycles. The van der Waals surface area contributed by atoms with E-state index in [0.717, 1.165) is 22.2 Å². The van der Waals surface area contributed by atoms with Crippen molar-refractivity contribution in [1.82, 2.24) is 5.16 Å². The Morgan fingerprint density at radius 1 is 1.23 bits per heavy atom. The highest BCUT2D eigenvalue weighted by atomic mass is 35.5. The van der Waals surface area contributed by atoms with Gasteiger partial charge in [0.15, 0.2) is 5.58 Å². The Bertz CT molecular complexity index is 808. The predicted octanol–water partition coefficient (Wildman–Crippen LogP) is 4.25. The predicted molar refractivity (Wildman–Crippen MR) is 84.8 cm³/mol. The van der Waals surface area contributed by atoms with Gasteiger partial charge >= 0.3 is 5.97 Å². The topological polar surface area (TPSA) is 52.3 Å². The highest BCUT2D eigenvalue weighted by Crippen LogP contribution is 2.29. The number of halogens is 1. The molecule has 5 heteroatoms. The molecule has 0 fully saturated rings. The minimum Gasteiger partial charge on any atom is -0.466 e. The molecule has 1 heterocycles. The van der Waals surface area contributed by atoms with Gasteiger partial charge in [-0.05, 0) is 36.8 Å². The molecule has 1 aromatic heterocycles. The Kier molecular flexibility index (Phi) is 4.11. The van der Waals surface area contributed by atoms with Gasteiger partial charge in [-0.1, -0.05) is 35.0 Å². The van der Waals surface area contributed by atoms with E-state index >= 15 is 0 Å². The molecule has 0 saturated carbocycles. The number of hydrogen-bond donors (Lipinski definition) is 0. The molecule has 4 nitrogen and oxygen atoms in total. The van der Waals surface area contributed by atoms with Crippen molar-refractivity contribution in [2.24, 2.45) is 0 Å². The van der Waals surface area contributed by atoms with Gasteiger partial charge in [0.05, 0.1) is 13.0 Å². The summed E-state index contributed by atoms with van der Waals surface area (Å²) < 4.78 is 10.3. The van der Waals surface area contributed by atoms with Crippen LogP contribution >= 0.6 is 11.6 Å². The summed E-state index contributed by atoms with van der Waals surface area (Å²) in [5, 5.41) is 5.65. The third-order valence-electron chi connectivity index (χ3n) is 3.31. The van der Waals surface area contributed by atoms with Gasteiger partial charge in [-0.3, -0.25) is 4.79 Å². The Morgan fingerprint density at radius 3 is 2.73 bits per heavy atom. The summed E-state index contributed by atoms with van der Waals surface area (Å²) >= 11 is 5.91. The molecule has 0 aliphatic heterocycles. The molecule has 0 aliphatic rings. The number of hydrogen-bond acceptors (Lipinski definition) is 4. The molecule has 0 radical (unpaired) electrons. The zero-order valence-corrected chi connectivity index (χ0v) is 12.8. The first kappa shape index (κ1) is 14.6. The largest absolute Gasteiger partial charge is 0.466 e. The summed E-state index contributed by atoms with van der Waals surface area (Å²) in [6, 6.07) is 13.0. The molecule has 2 aromatic carbocycles. The fourth-order valence-corrected chi connectivity index (χ4v) is 2.42. The molecule has 22 heavy (non-hydrogen) atoms. The number of carbonyl (C=O) groups excluding carboxylic acids is 1. The molecule has 3 aromatic rings. The van der Waals surface area contributed by atoms with Gasteiger partial charge in [-0.2, -0.15) is 0 Å². The van der Waals surface area contributed by atoms with Crippen LogP contribution in [0.1, 0.15) is 12.5 Å². The number of carbonyl (C=O) groups is 1. The summed E-state index contributed by atoms with van der Waals surface area (Å²) in [7, 11) is 0. The molecule has 0 spiro atoms. The lowest BCUT2D eigenvalue weighted by Gasteiger charge is -2.02. The second kappa shape index (κ2) is 6.20. The van der Waals surface area contributed by atoms with Crippen LogP contribution in [0.25, 0.3) is 22.2 Å². The smallest absolute Gasteiger partial charge is 0.310 e. The van der Waals surface area contributed by atoms with E-state index in [1.807, 2.05) is 30.3 Å². The first-order valence-corrected chi connectivity index (χ1v) is 7.35. The summed E-state index contributed by atoms with van der Waals surface area (Å²) in [5.74, 6) is -0.244. The number of ether oxygens (including phenoxy) is 1. The van der Waals surface area contributed by atoms with E-state index in [9.17, 15) is 4.79 Å². The second-order valence-electron chi connectivity index (χ2n) is 4.85. The number of nitrogens with zero attached hydrogens (tertiary/aromatic N) is 1. The van der Waals surface area contributed by atoms with E-state index in [2.05, 4.69) is 5.16 Å². The lowest BCUT2D eigenvalue weighted by atomic mass is 10.0. The maximum Gasteiger partial charge on any atom is 0.310 e. The van der Waals surface area contributed by atoms with Crippen LogP contribution in [0.4, 0.5) is 0 Å². The third kappa shape index (κ3) is 2.97. The molecule has 0 N–H and O–H groups in total. The summed E-state index contributed by atoms with van der Waals surface area (Å²) in [4.78, 5) is 11.6. The van der Waals surface area contributed by atoms with Crippen molar-refractivity contribution >= 4 is 28.5 Å². The van der Waals surface area contributed by atoms with Gasteiger partial charge in [-0.25, -0.2) is 0 Å². The van der Waals surface area contributed by atoms with Crippen molar-refractivity contribution in [3.8, 4) is 11.3 Å². The summed E-state index contributed by atoms with van der Waals surface area (Å²) in [5.41, 5.74) is 3.19. The summed E-state index contributed by atoms with van der Waals surface area (Å²) in [6.45, 7) is 2.17. The van der Waals surface area contributed by atoms with Crippen LogP contribution in [-0.2, 0) is 16.0 Å². The molecular formula is C17H14ClNO3. The minimum absolute atomic E-state index is 0.231. The van der Waals surface area contributed by atoms with Gasteiger partial charge < -0.3 is 9.26 Å². The van der Waals surface area contributed by atoms with Crippen LogP contribution in [0.15, 0.2) is 47.0 Å². The lowest BCUT2D eigenvalue weighted by molar-refractivity contribution is -0.142. The Morgan fingerprint density at radius 2 is 2.00 bits per heavy atom. The van der Waals surface area contributed by atoms with Gasteiger partial charge in [0, 0.05) is 16.0 Å². The summed E-state index contributed by atoms with van der Waals surface area (Å²) in [6.07, 6.45) is 0.231. The van der Waals surface area contributed by atoms with Crippen molar-refractivity contribution in [2.75, 3.05) is 6.61 Å². The van der Waals surface area contributed by atoms with E-state index < -0.39 is 0 Å². The molecule has 112 valence electrons. The molecule has 0 saturated heterocycles. The highest BCUT2D eigenvalue weighted by molar-refractivity contribution is 6.30. The van der Waals surface area contributed by atoms with Crippen molar-refractivity contribution in [2.45, 2.75) is 13.3 Å². The van der Waals surface area contributed by atoms with Crippen LogP contribution in [0, 0.1) is 0 Å². The van der Waals surface area contributed by atoms with Crippen LogP contribution in [0.2, 0.25) is 5.02 Å². The molecule has 3 rings (SSSR count). The molecule has 0 bridgehead atoms. The van der Waals surface area contributed by atoms with Crippen LogP contribution in [0.3, 0.4) is 0 Å². The minimum atomic E-state index is -0.244. The maximum atomic E-state index is 11.6. The van der Waals surface area contributed by atoms with Crippen LogP contribution in [0.5, 0.6) is 0 Å². The Balaban J connectivity index is 1.98. The second-order valence-corrected chi connectivity index (χ2v) is 5.29. The van der Waals surface area contributed by atoms with Crippen LogP contribution in [-0.4, -0.2) is 17.7 Å². The average molecular weight is 316 g/mol. The normalized spacial score (nSPS) is 10.8. The van der Waals surface area contributed by atoms with Crippen molar-refractivity contribution in [3.63, 3.8) is 0 Å². The SMILES string of the molecule is CCOC(=O)Cc1ccc2onc(-c3ccc(Cl)cc3)c2c1. The lowest BCUT2D eigenvalue weighted by Crippen LogP contribution is -2.07. The fraction of sp³-hybridized carbons (Fsp3) is 0.176. The van der Waals surface area contributed by atoms with Crippen LogP contribution < -0.4 is 0 Å². The zero-order valence-electron chi connectivity index (χ0n) is 12.0. The van der Waals surface area contributed by atoms with Gasteiger partial charge in [0.25, 0.3) is 0 Å². The highest BCUT2D eigenvalue weighted by Gasteiger charge is 2.12. The third-order valence-corrected chi connectivity index (χ3v) is 3.56. The molecule has 0 atom stereocenters. The van der Waals surface area contributed by atoms with E-state index in [0.29, 0.717) is 17.2 Å². The van der Waals surface area contributed by atoms with E-state index in [-0.39, 0.29) is 12.4 Å². The zero-order chi connectivity index (χ0) is 15.5. The van der Waals surface area contributed by atoms with E-state index in [1.54, 1.807) is 19.1 Å². The Labute approximate surface area is 132 Å². The standard InChI is InChI=1S/C17H14ClNO3/c1-2-21-16(20)10-11-3-8-15-14(9-11)17(19-22-15)12-4-6-13(18)7-5-12/h3-9H,2,10H2,1H3. The number of esters is 1. The number of fused-ring (bicyclic) bond motifs is 1. The first-order valence-electron chi connectivity index (χ1n) is 6.97. The quantitative estimate of drug-likeness (QED) is 0.675. The van der Waals surface area contributed by atoms with Gasteiger partial charge in [0.2, 0.25) is 0 Å². The maximum absolute atomic E-state index is 11.6. The Hall–Kier alpha value is -2.33. The van der Waals surface area contributed by atoms with Gasteiger partial charge in [-0.15, -0.1) is 0 Å². The monoisotopic (exact) mass is 315 g/mol. The average Bonchev–Trinajstić information content (AvgIpc) is 2.91. The fourth-order valence-electron chi connectivity index (χ4n) is 2.29. The number of benzene rings is 2. The van der Waals surface area contributed by atoms with Crippen molar-refractivity contribution in [3.05, 3.63) is 53.1 Å². The van der Waals surface area contributed by atoms with Crippen molar-refractivity contribution < 1.29 is 14.1 Å². The molecule has 0 amide bonds. The number of aromatic nitrogens is 1. The van der Waals surface area contributed by atoms with Gasteiger partial charge in [0.1, 0.15) is 5.69 Å². The van der Waals surface area contributed by atoms with E-state index in [4.69, 9.17) is 20.9 Å². The molecular weight excluding hydrogens is 302 g/mol.